The van der Waals surface area contributed by atoms with Crippen molar-refractivity contribution in [2.45, 2.75) is 26.2 Å². The highest BCUT2D eigenvalue weighted by atomic mass is 16.5. The lowest BCUT2D eigenvalue weighted by Gasteiger charge is -2.07. The van der Waals surface area contributed by atoms with Crippen LogP contribution < -0.4 is 4.74 Å². The highest BCUT2D eigenvalue weighted by molar-refractivity contribution is 5.73. The minimum absolute atomic E-state index is 0.421. The first kappa shape index (κ1) is 13.3. The van der Waals surface area contributed by atoms with Gasteiger partial charge in [0.1, 0.15) is 11.4 Å². The first-order valence-corrected chi connectivity index (χ1v) is 6.34. The first-order valence-electron chi connectivity index (χ1n) is 6.34. The van der Waals surface area contributed by atoms with E-state index < -0.39 is 0 Å². The number of hydrogen-bond donors (Lipinski definition) is 0. The molecule has 0 amide bonds. The Bertz CT molecular complexity index is 546. The second-order valence-corrected chi connectivity index (χ2v) is 4.25. The molecule has 0 aliphatic heterocycles. The van der Waals surface area contributed by atoms with Crippen molar-refractivity contribution in [3.05, 3.63) is 35.7 Å². The highest BCUT2D eigenvalue weighted by Crippen LogP contribution is 2.18. The van der Waals surface area contributed by atoms with Crippen LogP contribution in [0, 0.1) is 0 Å². The van der Waals surface area contributed by atoms with E-state index in [0.29, 0.717) is 5.69 Å². The van der Waals surface area contributed by atoms with Crippen molar-refractivity contribution in [1.82, 2.24) is 15.0 Å². The number of aromatic nitrogens is 3. The van der Waals surface area contributed by atoms with Gasteiger partial charge < -0.3 is 4.74 Å². The van der Waals surface area contributed by atoms with Gasteiger partial charge in [-0.25, -0.2) is 4.68 Å². The van der Waals surface area contributed by atoms with Crippen LogP contribution in [0.4, 0.5) is 0 Å². The lowest BCUT2D eigenvalue weighted by molar-refractivity contribution is 0.111. The van der Waals surface area contributed by atoms with Gasteiger partial charge in [0.15, 0.2) is 6.29 Å². The molecule has 1 aromatic heterocycles. The zero-order valence-electron chi connectivity index (χ0n) is 11.2. The molecule has 1 aromatic carbocycles. The van der Waals surface area contributed by atoms with Crippen molar-refractivity contribution in [2.75, 3.05) is 7.11 Å². The van der Waals surface area contributed by atoms with Crippen LogP contribution in [0.5, 0.6) is 5.75 Å². The minimum atomic E-state index is 0.421. The van der Waals surface area contributed by atoms with E-state index in [9.17, 15) is 4.79 Å². The average molecular weight is 259 g/mol. The number of hydrogen-bond acceptors (Lipinski definition) is 4. The van der Waals surface area contributed by atoms with Crippen LogP contribution in [0.15, 0.2) is 24.3 Å². The predicted molar refractivity (Wildman–Crippen MR) is 71.9 cm³/mol. The minimum Gasteiger partial charge on any atom is -0.497 e. The predicted octanol–water partition coefficient (Wildman–Crippen LogP) is 2.43. The largest absolute Gasteiger partial charge is 0.497 e. The lowest BCUT2D eigenvalue weighted by atomic mass is 10.1. The molecule has 0 saturated heterocycles. The van der Waals surface area contributed by atoms with Gasteiger partial charge in [-0.2, -0.15) is 0 Å². The summed E-state index contributed by atoms with van der Waals surface area (Å²) in [5.74, 6) is 0.787. The topological polar surface area (TPSA) is 57.0 Å². The van der Waals surface area contributed by atoms with Crippen molar-refractivity contribution >= 4 is 6.29 Å². The van der Waals surface area contributed by atoms with Gasteiger partial charge in [-0.05, 0) is 37.1 Å². The monoisotopic (exact) mass is 259 g/mol. The molecule has 2 aromatic rings. The summed E-state index contributed by atoms with van der Waals surface area (Å²) in [4.78, 5) is 11.0. The van der Waals surface area contributed by atoms with E-state index in [1.807, 2.05) is 24.3 Å². The van der Waals surface area contributed by atoms with Crippen molar-refractivity contribution in [1.29, 1.82) is 0 Å². The van der Waals surface area contributed by atoms with E-state index in [2.05, 4.69) is 17.2 Å². The third-order valence-electron chi connectivity index (χ3n) is 2.99. The number of ether oxygens (including phenoxy) is 1. The van der Waals surface area contributed by atoms with E-state index >= 15 is 0 Å². The molecule has 0 radical (unpaired) electrons. The summed E-state index contributed by atoms with van der Waals surface area (Å²) in [6, 6.07) is 7.53. The quantitative estimate of drug-likeness (QED) is 0.748. The maximum Gasteiger partial charge on any atom is 0.172 e. The van der Waals surface area contributed by atoms with Crippen LogP contribution in [0.3, 0.4) is 0 Å². The number of methoxy groups -OCH3 is 1. The van der Waals surface area contributed by atoms with Crippen molar-refractivity contribution in [2.24, 2.45) is 0 Å². The Morgan fingerprint density at radius 3 is 2.63 bits per heavy atom. The molecule has 19 heavy (non-hydrogen) atoms. The van der Waals surface area contributed by atoms with Gasteiger partial charge in [0, 0.05) is 0 Å². The second kappa shape index (κ2) is 6.13. The molecule has 0 aliphatic carbocycles. The van der Waals surface area contributed by atoms with Gasteiger partial charge in [0.25, 0.3) is 0 Å². The van der Waals surface area contributed by atoms with E-state index in [1.54, 1.807) is 11.8 Å². The fraction of sp³-hybridized carbons (Fsp3) is 0.357. The molecule has 100 valence electrons. The maximum absolute atomic E-state index is 11.0. The van der Waals surface area contributed by atoms with Gasteiger partial charge in [-0.3, -0.25) is 4.79 Å². The number of carbonyl (C=O) groups is 1. The van der Waals surface area contributed by atoms with Gasteiger partial charge >= 0.3 is 0 Å². The molecular formula is C14H17N3O2. The fourth-order valence-electron chi connectivity index (χ4n) is 1.91. The van der Waals surface area contributed by atoms with Crippen molar-refractivity contribution in [3.8, 4) is 11.4 Å². The Balaban J connectivity index is 2.36. The van der Waals surface area contributed by atoms with Crippen LogP contribution in [0.1, 0.15) is 35.9 Å². The molecular weight excluding hydrogens is 242 g/mol. The van der Waals surface area contributed by atoms with Gasteiger partial charge in [-0.15, -0.1) is 5.10 Å². The molecule has 0 spiro atoms. The molecule has 0 unspecified atom stereocenters. The Morgan fingerprint density at radius 2 is 2.05 bits per heavy atom. The molecule has 0 bridgehead atoms. The summed E-state index contributed by atoms with van der Waals surface area (Å²) >= 11 is 0. The second-order valence-electron chi connectivity index (χ2n) is 4.25. The van der Waals surface area contributed by atoms with Crippen LogP contribution in [0.25, 0.3) is 5.69 Å². The highest BCUT2D eigenvalue weighted by Gasteiger charge is 2.13. The van der Waals surface area contributed by atoms with Crippen LogP contribution in [-0.2, 0) is 6.42 Å². The molecule has 5 heteroatoms. The third kappa shape index (κ3) is 2.81. The molecule has 0 fully saturated rings. The van der Waals surface area contributed by atoms with Crippen LogP contribution in [-0.4, -0.2) is 28.4 Å². The number of benzene rings is 1. The maximum atomic E-state index is 11.0. The molecule has 5 nitrogen and oxygen atoms in total. The Kier molecular flexibility index (Phi) is 4.28. The summed E-state index contributed by atoms with van der Waals surface area (Å²) in [7, 11) is 1.63. The molecule has 1 heterocycles. The summed E-state index contributed by atoms with van der Waals surface area (Å²) in [5, 5.41) is 7.98. The normalized spacial score (nSPS) is 10.4. The average Bonchev–Trinajstić information content (AvgIpc) is 2.88. The lowest BCUT2D eigenvalue weighted by Crippen LogP contribution is -2.04. The number of unbranched alkanes of at least 4 members (excludes halogenated alkanes) is 1. The van der Waals surface area contributed by atoms with Crippen LogP contribution in [0.2, 0.25) is 0 Å². The van der Waals surface area contributed by atoms with Gasteiger partial charge in [0.2, 0.25) is 0 Å². The smallest absolute Gasteiger partial charge is 0.172 e. The van der Waals surface area contributed by atoms with Gasteiger partial charge in [-0.1, -0.05) is 18.6 Å². The summed E-state index contributed by atoms with van der Waals surface area (Å²) in [5.41, 5.74) is 2.17. The molecule has 0 N–H and O–H groups in total. The number of aldehydes is 1. The fourth-order valence-corrected chi connectivity index (χ4v) is 1.91. The standard InChI is InChI=1S/C14H17N3O2/c1-3-4-5-14-13(10-18)15-16-17(14)11-6-8-12(19-2)9-7-11/h6-10H,3-5H2,1-2H3. The Morgan fingerprint density at radius 1 is 1.32 bits per heavy atom. The van der Waals surface area contributed by atoms with Crippen molar-refractivity contribution < 1.29 is 9.53 Å². The molecule has 0 aliphatic rings. The van der Waals surface area contributed by atoms with E-state index in [1.165, 1.54) is 0 Å². The third-order valence-corrected chi connectivity index (χ3v) is 2.99. The Hall–Kier alpha value is -2.17. The van der Waals surface area contributed by atoms with E-state index in [0.717, 1.165) is 42.7 Å². The van der Waals surface area contributed by atoms with E-state index in [4.69, 9.17) is 4.74 Å². The number of carbonyl (C=O) groups excluding carboxylic acids is 1. The zero-order valence-corrected chi connectivity index (χ0v) is 11.2. The molecule has 0 atom stereocenters. The van der Waals surface area contributed by atoms with Crippen molar-refractivity contribution in [3.63, 3.8) is 0 Å². The van der Waals surface area contributed by atoms with Crippen LogP contribution >= 0.6 is 0 Å². The number of nitrogens with zero attached hydrogens (tertiary/aromatic N) is 3. The molecule has 2 rings (SSSR count). The number of rotatable bonds is 6. The summed E-state index contributed by atoms with van der Waals surface area (Å²) in [6.45, 7) is 2.11. The summed E-state index contributed by atoms with van der Waals surface area (Å²) < 4.78 is 6.85. The zero-order chi connectivity index (χ0) is 13.7. The first-order chi connectivity index (χ1) is 9.30. The summed E-state index contributed by atoms with van der Waals surface area (Å²) in [6.07, 6.45) is 3.62. The van der Waals surface area contributed by atoms with E-state index in [-0.39, 0.29) is 0 Å². The SMILES string of the molecule is CCCCc1c(C=O)nnn1-c1ccc(OC)cc1. The van der Waals surface area contributed by atoms with Gasteiger partial charge in [0.05, 0.1) is 18.5 Å². The molecule has 0 saturated carbocycles. The Labute approximate surface area is 112 Å².